The maximum atomic E-state index is 12.7. The normalized spacial score (nSPS) is 16.0. The summed E-state index contributed by atoms with van der Waals surface area (Å²) in [6.07, 6.45) is 0. The van der Waals surface area contributed by atoms with E-state index in [1.54, 1.807) is 6.92 Å². The number of ether oxygens (including phenoxy) is 2. The van der Waals surface area contributed by atoms with Crippen LogP contribution in [0, 0.1) is 55.4 Å². The van der Waals surface area contributed by atoms with Gasteiger partial charge in [-0.3, -0.25) is 0 Å². The summed E-state index contributed by atoms with van der Waals surface area (Å²) in [5.74, 6) is -0.710. The van der Waals surface area contributed by atoms with Gasteiger partial charge in [0.2, 0.25) is 0 Å². The van der Waals surface area contributed by atoms with Gasteiger partial charge in [0.1, 0.15) is 11.4 Å². The van der Waals surface area contributed by atoms with Crippen LogP contribution in [0.5, 0.6) is 0 Å². The second-order valence-electron chi connectivity index (χ2n) is 14.1. The third kappa shape index (κ3) is 5.47. The molecule has 10 nitrogen and oxygen atoms in total. The molecule has 0 radical (unpaired) electrons. The second-order valence-corrected chi connectivity index (χ2v) is 14.1. The Kier molecular flexibility index (Phi) is 9.32. The van der Waals surface area contributed by atoms with Gasteiger partial charge in [0, 0.05) is 0 Å². The Morgan fingerprint density at radius 1 is 0.423 bits per heavy atom. The Labute approximate surface area is 305 Å². The molecule has 0 aliphatic carbocycles. The molecule has 0 atom stereocenters. The van der Waals surface area contributed by atoms with Gasteiger partial charge in [-0.05, 0) is 164 Å². The summed E-state index contributed by atoms with van der Waals surface area (Å²) < 4.78 is 10.6. The molecule has 52 heavy (non-hydrogen) atoms. The van der Waals surface area contributed by atoms with Crippen molar-refractivity contribution in [1.29, 1.82) is 0 Å². The number of allylic oxidation sites excluding steroid dienone is 4. The maximum absolute atomic E-state index is 12.7. The number of aliphatic imine (C=N–C) groups is 2. The summed E-state index contributed by atoms with van der Waals surface area (Å²) in [5.41, 5.74) is 22.5. The lowest BCUT2D eigenvalue weighted by Gasteiger charge is -2.03. The third-order valence-electron chi connectivity index (χ3n) is 11.4. The lowest BCUT2D eigenvalue weighted by molar-refractivity contribution is 0.0510. The van der Waals surface area contributed by atoms with Crippen LogP contribution in [0.4, 0.5) is 0 Å². The molecule has 0 spiro atoms. The van der Waals surface area contributed by atoms with E-state index in [4.69, 9.17) is 19.5 Å². The highest BCUT2D eigenvalue weighted by molar-refractivity contribution is 6.18. The van der Waals surface area contributed by atoms with Crippen LogP contribution in [-0.4, -0.2) is 56.5 Å². The lowest BCUT2D eigenvalue weighted by Crippen LogP contribution is -2.07. The van der Waals surface area contributed by atoms with Crippen LogP contribution < -0.4 is 0 Å². The number of esters is 2. The fourth-order valence-electron chi connectivity index (χ4n) is 7.26. The highest BCUT2D eigenvalue weighted by atomic mass is 16.5. The Hall–Kier alpha value is -5.38. The molecule has 4 aromatic rings. The minimum Gasteiger partial charge on any atom is -0.461 e. The number of nitrogens with zero attached hydrogens (tertiary/aromatic N) is 2. The van der Waals surface area contributed by atoms with Crippen molar-refractivity contribution in [2.45, 2.75) is 96.9 Å². The maximum Gasteiger partial charge on any atom is 0.355 e. The molecule has 6 rings (SSSR count). The van der Waals surface area contributed by atoms with Crippen LogP contribution >= 0.6 is 0 Å². The standard InChI is InChI=1S/C42H50N6O4/c1-15-51-41(49)39-27(13)25(11)37(47-39)35-23(9)21(7)33(45-35)31-19(5)17(3)29(43-31)30-18(4)20(6)32(44-30)34-22(8)24(10)36(46-34)38-26(12)28(14)40(48-38)42(50)52-16-2/h43,45,47-48H,15-16H2,1-14H3/b34-32-. The van der Waals surface area contributed by atoms with Gasteiger partial charge in [0.05, 0.1) is 70.2 Å². The number of rotatable bonds is 8. The zero-order valence-corrected chi connectivity index (χ0v) is 32.9. The fourth-order valence-corrected chi connectivity index (χ4v) is 7.26. The van der Waals surface area contributed by atoms with Crippen molar-refractivity contribution in [3.63, 3.8) is 0 Å². The molecular weight excluding hydrogens is 653 g/mol. The molecule has 6 heterocycles. The minimum atomic E-state index is -0.362. The van der Waals surface area contributed by atoms with Gasteiger partial charge in [-0.2, -0.15) is 0 Å². The Morgan fingerprint density at radius 3 is 1.12 bits per heavy atom. The van der Waals surface area contributed by atoms with Gasteiger partial charge in [-0.25, -0.2) is 19.6 Å². The number of hydrogen-bond donors (Lipinski definition) is 4. The average Bonchev–Trinajstić information content (AvgIpc) is 3.90. The fraction of sp³-hybridized carbons (Fsp3) is 0.381. The van der Waals surface area contributed by atoms with Gasteiger partial charge >= 0.3 is 11.9 Å². The Balaban J connectivity index is 1.42. The molecule has 0 bridgehead atoms. The van der Waals surface area contributed by atoms with Gasteiger partial charge in [-0.1, -0.05) is 0 Å². The van der Waals surface area contributed by atoms with Crippen molar-refractivity contribution in [2.24, 2.45) is 9.98 Å². The number of hydrogen-bond acceptors (Lipinski definition) is 6. The molecular formula is C42H50N6O4. The summed E-state index contributed by atoms with van der Waals surface area (Å²) in [6, 6.07) is 0. The van der Waals surface area contributed by atoms with Gasteiger partial charge in [0.25, 0.3) is 0 Å². The summed E-state index contributed by atoms with van der Waals surface area (Å²) in [7, 11) is 0. The van der Waals surface area contributed by atoms with E-state index in [9.17, 15) is 9.59 Å². The van der Waals surface area contributed by atoms with Crippen molar-refractivity contribution in [3.8, 4) is 22.8 Å². The van der Waals surface area contributed by atoms with Crippen molar-refractivity contribution >= 4 is 23.4 Å². The zero-order valence-electron chi connectivity index (χ0n) is 32.9. The SMILES string of the molecule is CCOC(=O)c1[nH]c(C2=N/C(=C3\N=C(c4[nH]c(-c5[nH]c(-c6[nH]c(C(=O)OCC)c(C)c6C)c(C)c5C)c(C)c4C)C(C)=C3C)C(C)=C2C)c(C)c1C. The Morgan fingerprint density at radius 2 is 0.712 bits per heavy atom. The molecule has 0 aromatic carbocycles. The third-order valence-corrected chi connectivity index (χ3v) is 11.4. The molecule has 2 aliphatic heterocycles. The predicted octanol–water partition coefficient (Wildman–Crippen LogP) is 9.34. The molecule has 0 saturated heterocycles. The number of carbonyl (C=O) groups excluding carboxylic acids is 2. The quantitative estimate of drug-likeness (QED) is 0.136. The van der Waals surface area contributed by atoms with Crippen LogP contribution in [-0.2, 0) is 9.47 Å². The first kappa shape index (κ1) is 36.4. The first-order valence-electron chi connectivity index (χ1n) is 18.0. The monoisotopic (exact) mass is 702 g/mol. The average molecular weight is 703 g/mol. The van der Waals surface area contributed by atoms with Crippen LogP contribution in [0.1, 0.15) is 118 Å². The molecule has 272 valence electrons. The minimum absolute atomic E-state index is 0.311. The van der Waals surface area contributed by atoms with Crippen LogP contribution in [0.15, 0.2) is 43.7 Å². The van der Waals surface area contributed by atoms with E-state index in [1.165, 1.54) is 0 Å². The van der Waals surface area contributed by atoms with E-state index in [2.05, 4.69) is 75.3 Å². The highest BCUT2D eigenvalue weighted by Gasteiger charge is 2.32. The largest absolute Gasteiger partial charge is 0.461 e. The van der Waals surface area contributed by atoms with Gasteiger partial charge in [0.15, 0.2) is 0 Å². The molecule has 0 unspecified atom stereocenters. The smallest absolute Gasteiger partial charge is 0.355 e. The first-order valence-corrected chi connectivity index (χ1v) is 18.0. The topological polar surface area (TPSA) is 140 Å². The van der Waals surface area contributed by atoms with Crippen LogP contribution in [0.2, 0.25) is 0 Å². The molecule has 0 amide bonds. The molecule has 4 N–H and O–H groups in total. The summed E-state index contributed by atoms with van der Waals surface area (Å²) >= 11 is 0. The molecule has 2 aliphatic rings. The number of aromatic nitrogens is 4. The van der Waals surface area contributed by atoms with Crippen molar-refractivity contribution in [1.82, 2.24) is 19.9 Å². The van der Waals surface area contributed by atoms with E-state index < -0.39 is 0 Å². The highest BCUT2D eigenvalue weighted by Crippen LogP contribution is 2.41. The van der Waals surface area contributed by atoms with Crippen molar-refractivity contribution < 1.29 is 19.1 Å². The van der Waals surface area contributed by atoms with Crippen LogP contribution in [0.3, 0.4) is 0 Å². The lowest BCUT2D eigenvalue weighted by atomic mass is 10.00. The number of H-pyrrole nitrogens is 4. The van der Waals surface area contributed by atoms with E-state index in [1.807, 2.05) is 34.6 Å². The van der Waals surface area contributed by atoms with E-state index in [0.717, 1.165) is 124 Å². The molecule has 10 heteroatoms. The summed E-state index contributed by atoms with van der Waals surface area (Å²) in [4.78, 5) is 49.9. The predicted molar refractivity (Wildman–Crippen MR) is 208 cm³/mol. The number of nitrogens with one attached hydrogen (secondary N) is 4. The molecule has 4 aromatic heterocycles. The molecule has 0 fully saturated rings. The second kappa shape index (κ2) is 13.3. The van der Waals surface area contributed by atoms with E-state index in [0.29, 0.717) is 24.6 Å². The summed E-state index contributed by atoms with van der Waals surface area (Å²) in [5, 5.41) is 0. The Bertz CT molecular complexity index is 2370. The summed E-state index contributed by atoms with van der Waals surface area (Å²) in [6.45, 7) is 29.0. The van der Waals surface area contributed by atoms with E-state index >= 15 is 0 Å². The molecule has 0 saturated carbocycles. The number of aromatic amines is 4. The van der Waals surface area contributed by atoms with Gasteiger partial charge < -0.3 is 29.4 Å². The van der Waals surface area contributed by atoms with Crippen molar-refractivity contribution in [3.05, 3.63) is 101 Å². The van der Waals surface area contributed by atoms with Gasteiger partial charge in [-0.15, -0.1) is 0 Å². The first-order chi connectivity index (χ1) is 24.5. The van der Waals surface area contributed by atoms with E-state index in [-0.39, 0.29) is 11.9 Å². The van der Waals surface area contributed by atoms with Crippen molar-refractivity contribution in [2.75, 3.05) is 13.2 Å². The number of carbonyl (C=O) groups is 2. The zero-order chi connectivity index (χ0) is 38.1. The van der Waals surface area contributed by atoms with Crippen LogP contribution in [0.25, 0.3) is 22.8 Å².